The molecule has 2 saturated heterocycles. The highest BCUT2D eigenvalue weighted by Gasteiger charge is 2.38. The van der Waals surface area contributed by atoms with Crippen LogP contribution in [-0.2, 0) is 16.1 Å². The molecule has 3 aliphatic heterocycles. The lowest BCUT2D eigenvalue weighted by Crippen LogP contribution is -2.48. The fraction of sp³-hybridized carbons (Fsp3) is 0.400. The maximum Gasteiger partial charge on any atom is 0.490 e. The van der Waals surface area contributed by atoms with Gasteiger partial charge in [0.25, 0.3) is 5.91 Å². The number of nitrogens with zero attached hydrogens (tertiary/aromatic N) is 10. The number of rotatable bonds is 11. The summed E-state index contributed by atoms with van der Waals surface area (Å²) in [6.07, 6.45) is -2.94. The number of aromatic nitrogens is 6. The lowest BCUT2D eigenvalue weighted by molar-refractivity contribution is -0.192. The van der Waals surface area contributed by atoms with E-state index in [0.29, 0.717) is 33.6 Å². The number of nitrogens with two attached hydrogens (primary N) is 1. The van der Waals surface area contributed by atoms with Gasteiger partial charge in [0.2, 0.25) is 11.7 Å². The molecule has 0 bridgehead atoms. The molecule has 17 nitrogen and oxygen atoms in total. The van der Waals surface area contributed by atoms with Crippen LogP contribution in [0.15, 0.2) is 65.7 Å². The van der Waals surface area contributed by atoms with Crippen LogP contribution in [0.5, 0.6) is 11.5 Å². The largest absolute Gasteiger partial charge is 0.508 e. The molecule has 0 aliphatic carbocycles. The first-order valence-corrected chi connectivity index (χ1v) is 24.7. The lowest BCUT2D eigenvalue weighted by atomic mass is 9.95. The van der Waals surface area contributed by atoms with Crippen molar-refractivity contribution in [1.82, 2.24) is 44.2 Å². The second-order valence-corrected chi connectivity index (χ2v) is 20.2. The number of primary amides is 1. The van der Waals surface area contributed by atoms with E-state index >= 15 is 0 Å². The molecule has 6 aromatic rings. The minimum Gasteiger partial charge on any atom is -0.508 e. The Bertz CT molecular complexity index is 3010. The number of phenolic OH excluding ortho intramolecular Hbond substituents is 2. The summed E-state index contributed by atoms with van der Waals surface area (Å²) in [5.74, 6) is -1.45. The van der Waals surface area contributed by atoms with Crippen LogP contribution >= 0.6 is 22.9 Å². The first-order chi connectivity index (χ1) is 34.2. The number of phenols is 2. The molecule has 1 atom stereocenters. The summed E-state index contributed by atoms with van der Waals surface area (Å²) < 4.78 is 35.4. The number of likely N-dealkylation sites (tertiary alicyclic amines) is 1. The standard InChI is InChI=1S/C48H54ClN11O4S.C2HF3O2/c1-27(2)36-22-37(40(62)24-39(36)61)45-53-55-47(44(50)64)60(45)35-12-6-31(7-13-35)25-56-18-20-57(21-19-56)26-32-14-16-58(17-15-32)41(63)23-38-46-54-52-30(5)59(46)48-42(28(3)29(4)65-48)43(51-38)33-8-10-34(49)11-9-33;3-2(4,5)1(6)7/h6-13,22,24,27,32,38,61-62H,14-21,23,25-26H2,1-5H3,(H2,50,64);(H,6,7)/t38-;/m0./s1. The van der Waals surface area contributed by atoms with E-state index in [-0.39, 0.29) is 41.4 Å². The van der Waals surface area contributed by atoms with Crippen LogP contribution in [0.1, 0.15) is 100 Å². The third-order valence-corrected chi connectivity index (χ3v) is 14.9. The number of carbonyl (C=O) groups excluding carboxylic acids is 2. The van der Waals surface area contributed by atoms with Crippen molar-refractivity contribution >= 4 is 46.4 Å². The van der Waals surface area contributed by atoms with Gasteiger partial charge in [0.1, 0.15) is 28.4 Å². The molecular formula is C50H55ClF3N11O6S. The second-order valence-electron chi connectivity index (χ2n) is 18.6. The second kappa shape index (κ2) is 21.2. The van der Waals surface area contributed by atoms with Crippen molar-refractivity contribution in [2.24, 2.45) is 16.6 Å². The maximum absolute atomic E-state index is 14.1. The molecule has 22 heteroatoms. The summed E-state index contributed by atoms with van der Waals surface area (Å²) >= 11 is 8.00. The van der Waals surface area contributed by atoms with Crippen molar-refractivity contribution in [3.8, 4) is 33.6 Å². The number of carbonyl (C=O) groups is 3. The van der Waals surface area contributed by atoms with Gasteiger partial charge in [0.15, 0.2) is 11.6 Å². The third kappa shape index (κ3) is 11.0. The highest BCUT2D eigenvalue weighted by Crippen LogP contribution is 2.41. The smallest absolute Gasteiger partial charge is 0.490 e. The quantitative estimate of drug-likeness (QED) is 0.0978. The predicted octanol–water partition coefficient (Wildman–Crippen LogP) is 7.76. The fourth-order valence-corrected chi connectivity index (χ4v) is 10.7. The number of thiophene rings is 1. The van der Waals surface area contributed by atoms with Crippen LogP contribution in [0.4, 0.5) is 13.2 Å². The summed E-state index contributed by atoms with van der Waals surface area (Å²) in [6.45, 7) is 17.2. The zero-order valence-corrected chi connectivity index (χ0v) is 41.9. The van der Waals surface area contributed by atoms with E-state index in [1.54, 1.807) is 22.0 Å². The van der Waals surface area contributed by atoms with E-state index in [0.717, 1.165) is 104 Å². The Balaban J connectivity index is 0.000000923. The lowest BCUT2D eigenvalue weighted by Gasteiger charge is -2.39. The van der Waals surface area contributed by atoms with Gasteiger partial charge in [0, 0.05) is 85.1 Å². The third-order valence-electron chi connectivity index (χ3n) is 13.4. The van der Waals surface area contributed by atoms with Crippen molar-refractivity contribution in [3.63, 3.8) is 0 Å². The first-order valence-electron chi connectivity index (χ1n) is 23.5. The molecule has 5 N–H and O–H groups in total. The van der Waals surface area contributed by atoms with Crippen molar-refractivity contribution in [3.05, 3.63) is 116 Å². The van der Waals surface area contributed by atoms with Gasteiger partial charge in [-0.3, -0.25) is 28.6 Å². The molecule has 3 aliphatic rings. The molecule has 380 valence electrons. The number of piperidine rings is 1. The Labute approximate surface area is 422 Å². The number of halogens is 4. The average Bonchev–Trinajstić information content (AvgIpc) is 4.01. The zero-order valence-electron chi connectivity index (χ0n) is 40.3. The number of carboxylic acids is 1. The Morgan fingerprint density at radius 2 is 1.49 bits per heavy atom. The molecule has 0 radical (unpaired) electrons. The number of fused-ring (bicyclic) bond motifs is 3. The highest BCUT2D eigenvalue weighted by atomic mass is 35.5. The van der Waals surface area contributed by atoms with Gasteiger partial charge in [-0.1, -0.05) is 49.7 Å². The monoisotopic (exact) mass is 1030 g/mol. The van der Waals surface area contributed by atoms with Crippen LogP contribution in [0.2, 0.25) is 5.02 Å². The van der Waals surface area contributed by atoms with Crippen molar-refractivity contribution in [2.45, 2.75) is 78.6 Å². The van der Waals surface area contributed by atoms with Crippen molar-refractivity contribution in [2.75, 3.05) is 45.8 Å². The van der Waals surface area contributed by atoms with Gasteiger partial charge < -0.3 is 30.9 Å². The highest BCUT2D eigenvalue weighted by molar-refractivity contribution is 7.15. The minimum absolute atomic E-state index is 0.0181. The summed E-state index contributed by atoms with van der Waals surface area (Å²) in [6, 6.07) is 18.1. The Morgan fingerprint density at radius 1 is 0.847 bits per heavy atom. The Hall–Kier alpha value is -6.68. The number of aliphatic imine (C=N–C) groups is 1. The number of carboxylic acid groups (broad SMARTS) is 1. The molecule has 6 heterocycles. The molecule has 2 amide bonds. The van der Waals surface area contributed by atoms with Gasteiger partial charge in [-0.2, -0.15) is 13.2 Å². The van der Waals surface area contributed by atoms with Crippen LogP contribution in [0, 0.1) is 26.7 Å². The van der Waals surface area contributed by atoms with E-state index in [1.807, 2.05) is 74.2 Å². The van der Waals surface area contributed by atoms with E-state index in [2.05, 4.69) is 48.6 Å². The van der Waals surface area contributed by atoms with Gasteiger partial charge in [-0.15, -0.1) is 31.7 Å². The predicted molar refractivity (Wildman–Crippen MR) is 265 cm³/mol. The Kier molecular flexibility index (Phi) is 15.2. The molecule has 2 fully saturated rings. The number of piperazine rings is 1. The number of benzene rings is 3. The number of amides is 2. The SMILES string of the molecule is Cc1sc2c(c1C)C(c1ccc(Cl)cc1)=N[C@@H](CC(=O)N1CCC(CN3CCN(Cc4ccc(-n5c(C(N)=O)nnc5-c5cc(C(C)C)c(O)cc5O)cc4)CC3)CC1)c1nnc(C)n1-2.O=C(O)C(F)(F)F. The summed E-state index contributed by atoms with van der Waals surface area (Å²) in [7, 11) is 0. The number of aromatic hydroxyl groups is 2. The van der Waals surface area contributed by atoms with Crippen LogP contribution < -0.4 is 5.73 Å². The maximum atomic E-state index is 14.1. The molecule has 9 rings (SSSR count). The average molecular weight is 1030 g/mol. The minimum atomic E-state index is -5.08. The number of aryl methyl sites for hydroxylation is 2. The van der Waals surface area contributed by atoms with E-state index in [1.165, 1.54) is 10.9 Å². The van der Waals surface area contributed by atoms with Crippen molar-refractivity contribution in [1.29, 1.82) is 0 Å². The van der Waals surface area contributed by atoms with E-state index < -0.39 is 24.1 Å². The normalized spacial score (nSPS) is 16.7. The summed E-state index contributed by atoms with van der Waals surface area (Å²) in [5.41, 5.74) is 12.5. The van der Waals surface area contributed by atoms with Gasteiger partial charge >= 0.3 is 12.1 Å². The number of hydrogen-bond acceptors (Lipinski definition) is 13. The van der Waals surface area contributed by atoms with E-state index in [9.17, 15) is 33.0 Å². The number of aliphatic carboxylic acids is 1. The first kappa shape index (κ1) is 51.7. The van der Waals surface area contributed by atoms with Gasteiger partial charge in [0.05, 0.1) is 17.7 Å². The van der Waals surface area contributed by atoms with Crippen molar-refractivity contribution < 1.29 is 42.9 Å². The molecular weight excluding hydrogens is 975 g/mol. The van der Waals surface area contributed by atoms with Gasteiger partial charge in [-0.05, 0) is 92.5 Å². The van der Waals surface area contributed by atoms with Gasteiger partial charge in [-0.25, -0.2) is 4.79 Å². The molecule has 0 saturated carbocycles. The number of alkyl halides is 3. The Morgan fingerprint density at radius 3 is 2.10 bits per heavy atom. The fourth-order valence-electron chi connectivity index (χ4n) is 9.39. The van der Waals surface area contributed by atoms with Crippen LogP contribution in [0.3, 0.4) is 0 Å². The topological polar surface area (TPSA) is 221 Å². The molecule has 0 unspecified atom stereocenters. The molecule has 3 aromatic carbocycles. The molecule has 0 spiro atoms. The molecule has 72 heavy (non-hydrogen) atoms. The zero-order chi connectivity index (χ0) is 51.8. The number of hydrogen-bond donors (Lipinski definition) is 4. The molecule has 3 aromatic heterocycles. The van der Waals surface area contributed by atoms with Crippen LogP contribution in [-0.4, -0.2) is 135 Å². The summed E-state index contributed by atoms with van der Waals surface area (Å²) in [5, 5.41) is 47.4. The summed E-state index contributed by atoms with van der Waals surface area (Å²) in [4.78, 5) is 49.0. The van der Waals surface area contributed by atoms with Crippen LogP contribution in [0.25, 0.3) is 22.1 Å². The van der Waals surface area contributed by atoms with E-state index in [4.69, 9.17) is 32.2 Å².